The molecule has 1 aromatic heterocycles. The summed E-state index contributed by atoms with van der Waals surface area (Å²) in [7, 11) is 4.82. The predicted molar refractivity (Wildman–Crippen MR) is 140 cm³/mol. The van der Waals surface area contributed by atoms with Gasteiger partial charge < -0.3 is 23.9 Å². The molecular weight excluding hydrogens is 442 g/mol. The zero-order valence-corrected chi connectivity index (χ0v) is 20.8. The van der Waals surface area contributed by atoms with Gasteiger partial charge in [0.2, 0.25) is 5.91 Å². The molecule has 4 aromatic rings. The highest BCUT2D eigenvalue weighted by Gasteiger charge is 2.16. The van der Waals surface area contributed by atoms with Crippen LogP contribution in [-0.4, -0.2) is 27.2 Å². The monoisotopic (exact) mass is 471 g/mol. The van der Waals surface area contributed by atoms with Crippen LogP contribution in [0.25, 0.3) is 27.7 Å². The molecule has 6 heteroatoms. The lowest BCUT2D eigenvalue weighted by Gasteiger charge is -2.12. The van der Waals surface area contributed by atoms with Gasteiger partial charge in [-0.15, -0.1) is 0 Å². The lowest BCUT2D eigenvalue weighted by atomic mass is 9.99. The topological polar surface area (TPSA) is 69.9 Å². The largest absolute Gasteiger partial charge is 0.496 e. The standard InChI is InChI=1S/C29H29NO5/c1-17-8-7-9-24(19(17)3)30-29(31)12-18(2)21-14-22-23(16-35-27(22)15-26(21)33-5)20-10-11-25(32-4)28(13-20)34-6/h7-16H,1-6H3,(H,30,31)/b18-12+. The molecule has 0 atom stereocenters. The molecule has 1 N–H and O–H groups in total. The number of carbonyl (C=O) groups excluding carboxylic acids is 1. The van der Waals surface area contributed by atoms with E-state index in [1.54, 1.807) is 33.7 Å². The Labute approximate surface area is 205 Å². The van der Waals surface area contributed by atoms with Gasteiger partial charge in [-0.05, 0) is 67.3 Å². The van der Waals surface area contributed by atoms with Gasteiger partial charge in [-0.1, -0.05) is 18.2 Å². The molecule has 0 aliphatic rings. The number of aryl methyl sites for hydroxylation is 1. The number of amides is 1. The molecule has 0 saturated carbocycles. The van der Waals surface area contributed by atoms with Crippen LogP contribution < -0.4 is 19.5 Å². The molecule has 180 valence electrons. The molecule has 0 saturated heterocycles. The van der Waals surface area contributed by atoms with Gasteiger partial charge in [-0.2, -0.15) is 0 Å². The van der Waals surface area contributed by atoms with Crippen molar-refractivity contribution in [2.75, 3.05) is 26.6 Å². The minimum atomic E-state index is -0.203. The van der Waals surface area contributed by atoms with Crippen LogP contribution in [-0.2, 0) is 4.79 Å². The van der Waals surface area contributed by atoms with E-state index in [9.17, 15) is 4.79 Å². The van der Waals surface area contributed by atoms with Crippen LogP contribution in [0.1, 0.15) is 23.6 Å². The van der Waals surface area contributed by atoms with E-state index in [1.807, 2.05) is 69.3 Å². The Balaban J connectivity index is 1.73. The van der Waals surface area contributed by atoms with Crippen molar-refractivity contribution >= 4 is 28.1 Å². The molecule has 0 aliphatic carbocycles. The third-order valence-electron chi connectivity index (χ3n) is 6.23. The Kier molecular flexibility index (Phi) is 6.82. The number of methoxy groups -OCH3 is 3. The summed E-state index contributed by atoms with van der Waals surface area (Å²) in [5.41, 5.74) is 7.05. The molecule has 0 bridgehead atoms. The van der Waals surface area contributed by atoms with Crippen LogP contribution in [0.3, 0.4) is 0 Å². The van der Waals surface area contributed by atoms with E-state index in [4.69, 9.17) is 18.6 Å². The van der Waals surface area contributed by atoms with Crippen molar-refractivity contribution in [2.24, 2.45) is 0 Å². The van der Waals surface area contributed by atoms with Crippen LogP contribution in [0.5, 0.6) is 17.2 Å². The number of carbonyl (C=O) groups is 1. The Morgan fingerprint density at radius 1 is 0.914 bits per heavy atom. The normalized spacial score (nSPS) is 11.4. The first-order chi connectivity index (χ1) is 16.9. The minimum absolute atomic E-state index is 0.203. The van der Waals surface area contributed by atoms with Crippen molar-refractivity contribution in [3.63, 3.8) is 0 Å². The average Bonchev–Trinajstić information content (AvgIpc) is 3.28. The SMILES string of the molecule is COc1ccc(-c2coc3cc(OC)c(/C(C)=C/C(=O)Nc4cccc(C)c4C)cc23)cc1OC. The molecule has 1 amide bonds. The number of anilines is 1. The summed E-state index contributed by atoms with van der Waals surface area (Å²) in [6, 6.07) is 15.4. The number of allylic oxidation sites excluding steroid dienone is 1. The fourth-order valence-corrected chi connectivity index (χ4v) is 4.09. The number of hydrogen-bond donors (Lipinski definition) is 1. The third kappa shape index (κ3) is 4.73. The average molecular weight is 472 g/mol. The lowest BCUT2D eigenvalue weighted by Crippen LogP contribution is -2.10. The van der Waals surface area contributed by atoms with Crippen LogP contribution in [0.4, 0.5) is 5.69 Å². The molecule has 0 unspecified atom stereocenters. The van der Waals surface area contributed by atoms with Crippen molar-refractivity contribution in [1.82, 2.24) is 0 Å². The molecule has 1 heterocycles. The summed E-state index contributed by atoms with van der Waals surface area (Å²) in [6.07, 6.45) is 3.29. The summed E-state index contributed by atoms with van der Waals surface area (Å²) in [5, 5.41) is 3.88. The maximum Gasteiger partial charge on any atom is 0.248 e. The number of furan rings is 1. The number of fused-ring (bicyclic) bond motifs is 1. The molecule has 35 heavy (non-hydrogen) atoms. The molecule has 0 fully saturated rings. The van der Waals surface area contributed by atoms with Gasteiger partial charge in [0, 0.05) is 34.3 Å². The third-order valence-corrected chi connectivity index (χ3v) is 6.23. The number of benzene rings is 3. The highest BCUT2D eigenvalue weighted by molar-refractivity contribution is 6.05. The van der Waals surface area contributed by atoms with E-state index < -0.39 is 0 Å². The van der Waals surface area contributed by atoms with Gasteiger partial charge in [0.15, 0.2) is 11.5 Å². The van der Waals surface area contributed by atoms with E-state index >= 15 is 0 Å². The molecule has 6 nitrogen and oxygen atoms in total. The second-order valence-corrected chi connectivity index (χ2v) is 8.33. The number of nitrogens with one attached hydrogen (secondary N) is 1. The summed E-state index contributed by atoms with van der Waals surface area (Å²) in [6.45, 7) is 5.91. The van der Waals surface area contributed by atoms with E-state index in [1.165, 1.54) is 0 Å². The molecule has 0 aliphatic heterocycles. The van der Waals surface area contributed by atoms with Crippen LogP contribution in [0, 0.1) is 13.8 Å². The quantitative estimate of drug-likeness (QED) is 0.301. The van der Waals surface area contributed by atoms with Gasteiger partial charge in [-0.25, -0.2) is 0 Å². The van der Waals surface area contributed by atoms with Crippen LogP contribution >= 0.6 is 0 Å². The van der Waals surface area contributed by atoms with Gasteiger partial charge in [-0.3, -0.25) is 4.79 Å². The molecule has 0 radical (unpaired) electrons. The maximum atomic E-state index is 12.8. The first kappa shape index (κ1) is 24.0. The van der Waals surface area contributed by atoms with Gasteiger partial charge in [0.05, 0.1) is 27.6 Å². The van der Waals surface area contributed by atoms with Crippen molar-refractivity contribution in [1.29, 1.82) is 0 Å². The van der Waals surface area contributed by atoms with Crippen molar-refractivity contribution in [2.45, 2.75) is 20.8 Å². The zero-order valence-electron chi connectivity index (χ0n) is 20.8. The summed E-state index contributed by atoms with van der Waals surface area (Å²) in [4.78, 5) is 12.8. The van der Waals surface area contributed by atoms with Crippen molar-refractivity contribution in [3.8, 4) is 28.4 Å². The van der Waals surface area contributed by atoms with Crippen LogP contribution in [0.15, 0.2) is 65.3 Å². The zero-order chi connectivity index (χ0) is 25.1. The van der Waals surface area contributed by atoms with Crippen molar-refractivity contribution < 1.29 is 23.4 Å². The van der Waals surface area contributed by atoms with E-state index in [2.05, 4.69) is 5.32 Å². The fraction of sp³-hybridized carbons (Fsp3) is 0.207. The lowest BCUT2D eigenvalue weighted by molar-refractivity contribution is -0.111. The highest BCUT2D eigenvalue weighted by atomic mass is 16.5. The Hall–Kier alpha value is -4.19. The first-order valence-corrected chi connectivity index (χ1v) is 11.2. The van der Waals surface area contributed by atoms with Gasteiger partial charge in [0.25, 0.3) is 0 Å². The second kappa shape index (κ2) is 9.97. The number of hydrogen-bond acceptors (Lipinski definition) is 5. The van der Waals surface area contributed by atoms with E-state index in [0.29, 0.717) is 22.8 Å². The summed E-state index contributed by atoms with van der Waals surface area (Å²) < 4.78 is 22.3. The molecule has 4 rings (SSSR count). The Bertz CT molecular complexity index is 1430. The maximum absolute atomic E-state index is 12.8. The predicted octanol–water partition coefficient (Wildman–Crippen LogP) is 6.78. The van der Waals surface area contributed by atoms with E-state index in [-0.39, 0.29) is 5.91 Å². The summed E-state index contributed by atoms with van der Waals surface area (Å²) >= 11 is 0. The summed E-state index contributed by atoms with van der Waals surface area (Å²) in [5.74, 6) is 1.71. The first-order valence-electron chi connectivity index (χ1n) is 11.2. The van der Waals surface area contributed by atoms with Gasteiger partial charge in [0.1, 0.15) is 11.3 Å². The number of ether oxygens (including phenoxy) is 3. The van der Waals surface area contributed by atoms with Gasteiger partial charge >= 0.3 is 0 Å². The molecule has 3 aromatic carbocycles. The minimum Gasteiger partial charge on any atom is -0.496 e. The highest BCUT2D eigenvalue weighted by Crippen LogP contribution is 2.39. The van der Waals surface area contributed by atoms with E-state index in [0.717, 1.165) is 44.5 Å². The molecule has 0 spiro atoms. The fourth-order valence-electron chi connectivity index (χ4n) is 4.09. The second-order valence-electron chi connectivity index (χ2n) is 8.33. The Morgan fingerprint density at radius 2 is 1.66 bits per heavy atom. The van der Waals surface area contributed by atoms with Crippen molar-refractivity contribution in [3.05, 3.63) is 77.6 Å². The number of rotatable bonds is 7. The smallest absolute Gasteiger partial charge is 0.248 e. The van der Waals surface area contributed by atoms with Crippen LogP contribution in [0.2, 0.25) is 0 Å². The molecular formula is C29H29NO5. The Morgan fingerprint density at radius 3 is 2.37 bits per heavy atom.